The van der Waals surface area contributed by atoms with Gasteiger partial charge in [0.1, 0.15) is 5.75 Å². The fraction of sp³-hybridized carbons (Fsp3) is 0.409. The molecular formula is C22H29NO2. The lowest BCUT2D eigenvalue weighted by Gasteiger charge is -2.22. The largest absolute Gasteiger partial charge is 0.497 e. The molecule has 2 rings (SSSR count). The highest BCUT2D eigenvalue weighted by Gasteiger charge is 2.18. The van der Waals surface area contributed by atoms with E-state index in [2.05, 4.69) is 48.6 Å². The van der Waals surface area contributed by atoms with Gasteiger partial charge in [0.2, 0.25) is 5.91 Å². The topological polar surface area (TPSA) is 38.3 Å². The van der Waals surface area contributed by atoms with Crippen LogP contribution in [0.2, 0.25) is 0 Å². The molecule has 134 valence electrons. The average molecular weight is 339 g/mol. The third kappa shape index (κ3) is 5.93. The van der Waals surface area contributed by atoms with Crippen molar-refractivity contribution >= 4 is 5.91 Å². The smallest absolute Gasteiger partial charge is 0.220 e. The molecule has 0 aliphatic rings. The van der Waals surface area contributed by atoms with E-state index in [1.54, 1.807) is 7.11 Å². The van der Waals surface area contributed by atoms with E-state index in [4.69, 9.17) is 4.74 Å². The summed E-state index contributed by atoms with van der Waals surface area (Å²) in [5.41, 5.74) is 3.48. The number of aryl methyl sites for hydroxylation is 1. The lowest BCUT2D eigenvalue weighted by molar-refractivity contribution is -0.122. The molecule has 0 radical (unpaired) electrons. The first-order valence-electron chi connectivity index (χ1n) is 8.80. The summed E-state index contributed by atoms with van der Waals surface area (Å²) in [6, 6.07) is 16.7. The SMILES string of the molecule is COc1ccc([C@H](CCC(=O)NC(C)(C)C)c2ccc(C)cc2)cc1. The third-order valence-electron chi connectivity index (χ3n) is 4.17. The number of carbonyl (C=O) groups is 1. The number of nitrogens with one attached hydrogen (secondary N) is 1. The van der Waals surface area contributed by atoms with Crippen molar-refractivity contribution in [2.24, 2.45) is 0 Å². The van der Waals surface area contributed by atoms with Crippen LogP contribution in [0, 0.1) is 6.92 Å². The first-order chi connectivity index (χ1) is 11.8. The van der Waals surface area contributed by atoms with Gasteiger partial charge in [0, 0.05) is 17.9 Å². The van der Waals surface area contributed by atoms with Crippen molar-refractivity contribution in [1.82, 2.24) is 5.32 Å². The zero-order valence-corrected chi connectivity index (χ0v) is 15.9. The van der Waals surface area contributed by atoms with Crippen LogP contribution >= 0.6 is 0 Å². The van der Waals surface area contributed by atoms with E-state index in [0.29, 0.717) is 6.42 Å². The first-order valence-corrected chi connectivity index (χ1v) is 8.80. The third-order valence-corrected chi connectivity index (χ3v) is 4.17. The Morgan fingerprint density at radius 2 is 1.52 bits per heavy atom. The number of methoxy groups -OCH3 is 1. The summed E-state index contributed by atoms with van der Waals surface area (Å²) in [6.45, 7) is 8.10. The van der Waals surface area contributed by atoms with E-state index < -0.39 is 0 Å². The van der Waals surface area contributed by atoms with Crippen LogP contribution in [0.1, 0.15) is 56.2 Å². The van der Waals surface area contributed by atoms with Gasteiger partial charge in [-0.15, -0.1) is 0 Å². The first kappa shape index (κ1) is 19.0. The Morgan fingerprint density at radius 1 is 1.00 bits per heavy atom. The van der Waals surface area contributed by atoms with Crippen molar-refractivity contribution in [2.45, 2.75) is 52.0 Å². The Bertz CT molecular complexity index is 681. The summed E-state index contributed by atoms with van der Waals surface area (Å²) >= 11 is 0. The Morgan fingerprint density at radius 3 is 2.00 bits per heavy atom. The molecule has 0 unspecified atom stereocenters. The number of rotatable bonds is 6. The van der Waals surface area contributed by atoms with Crippen LogP contribution in [-0.4, -0.2) is 18.6 Å². The molecule has 0 aliphatic heterocycles. The van der Waals surface area contributed by atoms with Crippen LogP contribution < -0.4 is 10.1 Å². The highest BCUT2D eigenvalue weighted by molar-refractivity contribution is 5.76. The molecule has 0 heterocycles. The van der Waals surface area contributed by atoms with Crippen LogP contribution in [0.4, 0.5) is 0 Å². The van der Waals surface area contributed by atoms with Gasteiger partial charge in [-0.1, -0.05) is 42.0 Å². The predicted molar refractivity (Wildman–Crippen MR) is 103 cm³/mol. The van der Waals surface area contributed by atoms with Crippen molar-refractivity contribution < 1.29 is 9.53 Å². The molecule has 0 saturated heterocycles. The fourth-order valence-corrected chi connectivity index (χ4v) is 2.92. The van der Waals surface area contributed by atoms with Crippen molar-refractivity contribution in [3.63, 3.8) is 0 Å². The van der Waals surface area contributed by atoms with Crippen molar-refractivity contribution in [3.05, 3.63) is 65.2 Å². The van der Waals surface area contributed by atoms with E-state index >= 15 is 0 Å². The lowest BCUT2D eigenvalue weighted by atomic mass is 9.87. The maximum atomic E-state index is 12.2. The molecule has 0 bridgehead atoms. The molecule has 2 aromatic rings. The zero-order valence-electron chi connectivity index (χ0n) is 15.9. The zero-order chi connectivity index (χ0) is 18.4. The standard InChI is InChI=1S/C22H29NO2/c1-16-6-8-17(9-7-16)20(14-15-21(24)23-22(2,3)4)18-10-12-19(25-5)13-11-18/h6-13,20H,14-15H2,1-5H3,(H,23,24)/t20-/m1/s1. The van der Waals surface area contributed by atoms with E-state index in [0.717, 1.165) is 12.2 Å². The van der Waals surface area contributed by atoms with Crippen LogP contribution in [0.15, 0.2) is 48.5 Å². The number of amides is 1. The highest BCUT2D eigenvalue weighted by Crippen LogP contribution is 2.30. The van der Waals surface area contributed by atoms with Crippen molar-refractivity contribution in [1.29, 1.82) is 0 Å². The van der Waals surface area contributed by atoms with Gasteiger partial charge in [-0.05, 0) is 57.4 Å². The molecule has 2 aromatic carbocycles. The predicted octanol–water partition coefficient (Wildman–Crippen LogP) is 4.83. The molecule has 0 fully saturated rings. The number of carbonyl (C=O) groups excluding carboxylic acids is 1. The van der Waals surface area contributed by atoms with Gasteiger partial charge in [-0.2, -0.15) is 0 Å². The molecule has 1 N–H and O–H groups in total. The Labute approximate surface area is 151 Å². The van der Waals surface area contributed by atoms with E-state index in [9.17, 15) is 4.79 Å². The fourth-order valence-electron chi connectivity index (χ4n) is 2.92. The van der Waals surface area contributed by atoms with Gasteiger partial charge in [0.25, 0.3) is 0 Å². The maximum Gasteiger partial charge on any atom is 0.220 e. The molecule has 25 heavy (non-hydrogen) atoms. The molecule has 3 heteroatoms. The van der Waals surface area contributed by atoms with Crippen LogP contribution in [0.5, 0.6) is 5.75 Å². The van der Waals surface area contributed by atoms with Gasteiger partial charge < -0.3 is 10.1 Å². The van der Waals surface area contributed by atoms with Gasteiger partial charge in [-0.25, -0.2) is 0 Å². The molecule has 0 aromatic heterocycles. The minimum Gasteiger partial charge on any atom is -0.497 e. The maximum absolute atomic E-state index is 12.2. The van der Waals surface area contributed by atoms with Gasteiger partial charge >= 0.3 is 0 Å². The molecule has 0 aliphatic carbocycles. The second kappa shape index (κ2) is 8.19. The second-order valence-electron chi connectivity index (χ2n) is 7.57. The number of hydrogen-bond acceptors (Lipinski definition) is 2. The lowest BCUT2D eigenvalue weighted by Crippen LogP contribution is -2.40. The minimum absolute atomic E-state index is 0.0955. The number of hydrogen-bond donors (Lipinski definition) is 1. The van der Waals surface area contributed by atoms with Gasteiger partial charge in [0.15, 0.2) is 0 Å². The quantitative estimate of drug-likeness (QED) is 0.818. The summed E-state index contributed by atoms with van der Waals surface area (Å²) in [4.78, 5) is 12.2. The minimum atomic E-state index is -0.198. The number of benzene rings is 2. The van der Waals surface area contributed by atoms with E-state index in [1.807, 2.05) is 32.9 Å². The molecule has 3 nitrogen and oxygen atoms in total. The molecule has 1 atom stereocenters. The van der Waals surface area contributed by atoms with Gasteiger partial charge in [-0.3, -0.25) is 4.79 Å². The number of ether oxygens (including phenoxy) is 1. The molecular weight excluding hydrogens is 310 g/mol. The van der Waals surface area contributed by atoms with Crippen molar-refractivity contribution in [2.75, 3.05) is 7.11 Å². The Balaban J connectivity index is 2.19. The van der Waals surface area contributed by atoms with E-state index in [1.165, 1.54) is 16.7 Å². The van der Waals surface area contributed by atoms with E-state index in [-0.39, 0.29) is 17.4 Å². The van der Waals surface area contributed by atoms with Crippen LogP contribution in [-0.2, 0) is 4.79 Å². The Kier molecular flexibility index (Phi) is 6.24. The molecule has 1 amide bonds. The Hall–Kier alpha value is -2.29. The summed E-state index contributed by atoms with van der Waals surface area (Å²) < 4.78 is 5.26. The van der Waals surface area contributed by atoms with Crippen LogP contribution in [0.25, 0.3) is 0 Å². The molecule has 0 spiro atoms. The second-order valence-corrected chi connectivity index (χ2v) is 7.57. The molecule has 0 saturated carbocycles. The summed E-state index contributed by atoms with van der Waals surface area (Å²) in [5.74, 6) is 1.13. The summed E-state index contributed by atoms with van der Waals surface area (Å²) in [5, 5.41) is 3.05. The van der Waals surface area contributed by atoms with Gasteiger partial charge in [0.05, 0.1) is 7.11 Å². The average Bonchev–Trinajstić information content (AvgIpc) is 2.55. The summed E-state index contributed by atoms with van der Waals surface area (Å²) in [6.07, 6.45) is 1.28. The summed E-state index contributed by atoms with van der Waals surface area (Å²) in [7, 11) is 1.67. The van der Waals surface area contributed by atoms with Crippen molar-refractivity contribution in [3.8, 4) is 5.75 Å². The normalized spacial score (nSPS) is 12.5. The van der Waals surface area contributed by atoms with Crippen LogP contribution in [0.3, 0.4) is 0 Å². The monoisotopic (exact) mass is 339 g/mol. The highest BCUT2D eigenvalue weighted by atomic mass is 16.5.